The van der Waals surface area contributed by atoms with Gasteiger partial charge in [-0.15, -0.1) is 0 Å². The second-order valence-electron chi connectivity index (χ2n) is 6.21. The van der Waals surface area contributed by atoms with Crippen molar-refractivity contribution in [2.24, 2.45) is 5.92 Å². The Morgan fingerprint density at radius 1 is 1.21 bits per heavy atom. The van der Waals surface area contributed by atoms with Gasteiger partial charge in [-0.1, -0.05) is 36.2 Å². The van der Waals surface area contributed by atoms with Crippen LogP contribution in [0.3, 0.4) is 0 Å². The molecule has 1 aliphatic rings. The summed E-state index contributed by atoms with van der Waals surface area (Å²) in [6, 6.07) is 5.87. The molecule has 1 fully saturated rings. The quantitative estimate of drug-likeness (QED) is 0.755. The van der Waals surface area contributed by atoms with Gasteiger partial charge in [0.15, 0.2) is 0 Å². The fourth-order valence-electron chi connectivity index (χ4n) is 3.10. The van der Waals surface area contributed by atoms with Gasteiger partial charge in [-0.3, -0.25) is 0 Å². The van der Waals surface area contributed by atoms with Gasteiger partial charge in [0, 0.05) is 15.6 Å². The van der Waals surface area contributed by atoms with Crippen LogP contribution in [0, 0.1) is 5.92 Å². The Labute approximate surface area is 126 Å². The van der Waals surface area contributed by atoms with E-state index in [-0.39, 0.29) is 5.54 Å². The first-order valence-corrected chi connectivity index (χ1v) is 7.80. The molecule has 1 aliphatic carbocycles. The number of benzene rings is 1. The first-order valence-electron chi connectivity index (χ1n) is 7.04. The third-order valence-electron chi connectivity index (χ3n) is 4.69. The third-order valence-corrected chi connectivity index (χ3v) is 5.28. The lowest BCUT2D eigenvalue weighted by Crippen LogP contribution is -2.48. The number of hydrogen-bond donors (Lipinski definition) is 0. The van der Waals surface area contributed by atoms with E-state index in [2.05, 4.69) is 32.0 Å². The van der Waals surface area contributed by atoms with Gasteiger partial charge < -0.3 is 4.90 Å². The second-order valence-corrected chi connectivity index (χ2v) is 7.06. The Hall–Kier alpha value is -0.240. The van der Waals surface area contributed by atoms with Gasteiger partial charge in [0.2, 0.25) is 0 Å². The molecular weight excluding hydrogens is 277 g/mol. The molecule has 0 N–H and O–H groups in total. The zero-order valence-electron chi connectivity index (χ0n) is 12.0. The molecule has 0 heterocycles. The molecule has 1 saturated carbocycles. The van der Waals surface area contributed by atoms with Crippen LogP contribution in [0.2, 0.25) is 10.0 Å². The molecular formula is C16H23Cl2N. The number of halogens is 2. The summed E-state index contributed by atoms with van der Waals surface area (Å²) in [4.78, 5) is 2.39. The molecule has 0 atom stereocenters. The van der Waals surface area contributed by atoms with Crippen molar-refractivity contribution < 1.29 is 0 Å². The maximum Gasteiger partial charge on any atom is 0.0453 e. The highest BCUT2D eigenvalue weighted by atomic mass is 35.5. The number of nitrogens with zero attached hydrogens (tertiary/aromatic N) is 1. The second kappa shape index (κ2) is 6.03. The Balaban J connectivity index is 2.21. The van der Waals surface area contributed by atoms with Gasteiger partial charge in [-0.25, -0.2) is 0 Å². The van der Waals surface area contributed by atoms with Crippen molar-refractivity contribution in [1.29, 1.82) is 0 Å². The standard InChI is InChI=1S/C16H23Cl2N/c1-12-6-8-16(9-7-12,19(2)3)11-13-4-5-14(17)10-15(13)18/h4-5,10,12H,6-9,11H2,1-3H3. The first-order chi connectivity index (χ1) is 8.93. The van der Waals surface area contributed by atoms with E-state index < -0.39 is 0 Å². The summed E-state index contributed by atoms with van der Waals surface area (Å²) in [5.41, 5.74) is 1.47. The maximum atomic E-state index is 6.34. The molecule has 0 spiro atoms. The highest BCUT2D eigenvalue weighted by Gasteiger charge is 2.36. The van der Waals surface area contributed by atoms with Crippen LogP contribution in [-0.2, 0) is 6.42 Å². The van der Waals surface area contributed by atoms with Crippen molar-refractivity contribution in [2.75, 3.05) is 14.1 Å². The van der Waals surface area contributed by atoms with E-state index in [1.165, 1.54) is 31.2 Å². The Kier molecular flexibility index (Phi) is 4.81. The summed E-state index contributed by atoms with van der Waals surface area (Å²) in [6.07, 6.45) is 6.13. The molecule has 3 heteroatoms. The van der Waals surface area contributed by atoms with Crippen molar-refractivity contribution in [3.63, 3.8) is 0 Å². The van der Waals surface area contributed by atoms with Gasteiger partial charge in [-0.2, -0.15) is 0 Å². The van der Waals surface area contributed by atoms with Gasteiger partial charge in [0.25, 0.3) is 0 Å². The van der Waals surface area contributed by atoms with E-state index in [1.807, 2.05) is 12.1 Å². The van der Waals surface area contributed by atoms with Crippen molar-refractivity contribution in [3.05, 3.63) is 33.8 Å². The predicted molar refractivity (Wildman–Crippen MR) is 84.2 cm³/mol. The average Bonchev–Trinajstić information content (AvgIpc) is 2.35. The molecule has 1 aromatic rings. The SMILES string of the molecule is CC1CCC(Cc2ccc(Cl)cc2Cl)(N(C)C)CC1. The fraction of sp³-hybridized carbons (Fsp3) is 0.625. The molecule has 0 saturated heterocycles. The van der Waals surface area contributed by atoms with E-state index >= 15 is 0 Å². The Morgan fingerprint density at radius 3 is 2.37 bits per heavy atom. The van der Waals surface area contributed by atoms with Crippen molar-refractivity contribution in [1.82, 2.24) is 4.90 Å². The van der Waals surface area contributed by atoms with Gasteiger partial charge in [0.1, 0.15) is 0 Å². The number of likely N-dealkylation sites (N-methyl/N-ethyl adjacent to an activating group) is 1. The van der Waals surface area contributed by atoms with Gasteiger partial charge in [0.05, 0.1) is 0 Å². The van der Waals surface area contributed by atoms with Crippen LogP contribution in [-0.4, -0.2) is 24.5 Å². The van der Waals surface area contributed by atoms with Crippen molar-refractivity contribution in [2.45, 2.75) is 44.6 Å². The third kappa shape index (κ3) is 3.45. The minimum absolute atomic E-state index is 0.254. The summed E-state index contributed by atoms with van der Waals surface area (Å²) in [7, 11) is 4.39. The summed E-state index contributed by atoms with van der Waals surface area (Å²) in [6.45, 7) is 2.36. The monoisotopic (exact) mass is 299 g/mol. The fourth-order valence-corrected chi connectivity index (χ4v) is 3.58. The summed E-state index contributed by atoms with van der Waals surface area (Å²) < 4.78 is 0. The molecule has 0 aliphatic heterocycles. The van der Waals surface area contributed by atoms with E-state index in [1.54, 1.807) is 0 Å². The minimum atomic E-state index is 0.254. The molecule has 0 amide bonds. The molecule has 106 valence electrons. The molecule has 0 radical (unpaired) electrons. The van der Waals surface area contributed by atoms with E-state index in [0.717, 1.165) is 17.4 Å². The van der Waals surface area contributed by atoms with Crippen LogP contribution in [0.25, 0.3) is 0 Å². The summed E-state index contributed by atoms with van der Waals surface area (Å²) in [5, 5.41) is 1.51. The number of rotatable bonds is 3. The van der Waals surface area contributed by atoms with Crippen LogP contribution in [0.15, 0.2) is 18.2 Å². The molecule has 2 rings (SSSR count). The highest BCUT2D eigenvalue weighted by Crippen LogP contribution is 2.39. The van der Waals surface area contributed by atoms with E-state index in [0.29, 0.717) is 5.02 Å². The topological polar surface area (TPSA) is 3.24 Å². The van der Waals surface area contributed by atoms with Crippen LogP contribution in [0.5, 0.6) is 0 Å². The Bertz CT molecular complexity index is 434. The predicted octanol–water partition coefficient (Wildman–Crippen LogP) is 5.05. The van der Waals surface area contributed by atoms with Crippen LogP contribution in [0.4, 0.5) is 0 Å². The Morgan fingerprint density at radius 2 is 1.84 bits per heavy atom. The zero-order chi connectivity index (χ0) is 14.0. The van der Waals surface area contributed by atoms with Gasteiger partial charge >= 0.3 is 0 Å². The van der Waals surface area contributed by atoms with Crippen molar-refractivity contribution >= 4 is 23.2 Å². The molecule has 0 unspecified atom stereocenters. The summed E-state index contributed by atoms with van der Waals surface area (Å²) >= 11 is 12.3. The van der Waals surface area contributed by atoms with Crippen LogP contribution >= 0.6 is 23.2 Å². The lowest BCUT2D eigenvalue weighted by Gasteiger charge is -2.45. The molecule has 0 bridgehead atoms. The largest absolute Gasteiger partial charge is 0.303 e. The van der Waals surface area contributed by atoms with E-state index in [4.69, 9.17) is 23.2 Å². The molecule has 19 heavy (non-hydrogen) atoms. The van der Waals surface area contributed by atoms with Gasteiger partial charge in [-0.05, 0) is 69.8 Å². The van der Waals surface area contributed by atoms with Crippen molar-refractivity contribution in [3.8, 4) is 0 Å². The zero-order valence-corrected chi connectivity index (χ0v) is 13.6. The molecule has 1 aromatic carbocycles. The molecule has 0 aromatic heterocycles. The first kappa shape index (κ1) is 15.2. The smallest absolute Gasteiger partial charge is 0.0453 e. The summed E-state index contributed by atoms with van der Waals surface area (Å²) in [5.74, 6) is 0.855. The van der Waals surface area contributed by atoms with E-state index in [9.17, 15) is 0 Å². The lowest BCUT2D eigenvalue weighted by atomic mass is 9.73. The normalized spacial score (nSPS) is 27.8. The van der Waals surface area contributed by atoms with Crippen LogP contribution < -0.4 is 0 Å². The highest BCUT2D eigenvalue weighted by molar-refractivity contribution is 6.35. The minimum Gasteiger partial charge on any atom is -0.303 e. The maximum absolute atomic E-state index is 6.34. The van der Waals surface area contributed by atoms with Crippen LogP contribution in [0.1, 0.15) is 38.2 Å². The number of hydrogen-bond acceptors (Lipinski definition) is 1. The lowest BCUT2D eigenvalue weighted by molar-refractivity contribution is 0.0830. The molecule has 1 nitrogen and oxygen atoms in total. The average molecular weight is 300 g/mol.